The van der Waals surface area contributed by atoms with Crippen molar-refractivity contribution in [1.82, 2.24) is 15.0 Å². The molecule has 1 N–H and O–H groups in total. The molecule has 4 heteroatoms. The molecule has 3 rings (SSSR count). The molecule has 98 valence electrons. The van der Waals surface area contributed by atoms with E-state index in [4.69, 9.17) is 4.98 Å². The topological polar surface area (TPSA) is 50.7 Å². The molecule has 0 aliphatic heterocycles. The second kappa shape index (κ2) is 5.34. The van der Waals surface area contributed by atoms with Gasteiger partial charge in [0.05, 0.1) is 5.69 Å². The van der Waals surface area contributed by atoms with Crippen LogP contribution in [0.5, 0.6) is 0 Å². The molecule has 0 radical (unpaired) electrons. The van der Waals surface area contributed by atoms with Crippen LogP contribution in [0.3, 0.4) is 0 Å². The van der Waals surface area contributed by atoms with E-state index in [1.54, 1.807) is 0 Å². The van der Waals surface area contributed by atoms with Gasteiger partial charge in [0.25, 0.3) is 0 Å². The van der Waals surface area contributed by atoms with Crippen LogP contribution < -0.4 is 5.32 Å². The van der Waals surface area contributed by atoms with E-state index in [0.29, 0.717) is 5.92 Å². The first-order valence-electron chi connectivity index (χ1n) is 6.86. The number of hydrogen-bond acceptors (Lipinski definition) is 4. The van der Waals surface area contributed by atoms with E-state index in [2.05, 4.69) is 28.3 Å². The van der Waals surface area contributed by atoms with Gasteiger partial charge in [-0.15, -0.1) is 0 Å². The van der Waals surface area contributed by atoms with Crippen LogP contribution in [0.2, 0.25) is 0 Å². The maximum absolute atomic E-state index is 4.70. The molecule has 1 aliphatic carbocycles. The Morgan fingerprint density at radius 1 is 1.21 bits per heavy atom. The number of nitrogens with one attached hydrogen (secondary N) is 1. The minimum Gasteiger partial charge on any atom is -0.370 e. The summed E-state index contributed by atoms with van der Waals surface area (Å²) in [4.78, 5) is 13.3. The Morgan fingerprint density at radius 2 is 2.00 bits per heavy atom. The Bertz CT molecular complexity index is 549. The van der Waals surface area contributed by atoms with Gasteiger partial charge >= 0.3 is 0 Å². The van der Waals surface area contributed by atoms with Gasteiger partial charge in [0.1, 0.15) is 11.6 Å². The first kappa shape index (κ1) is 12.1. The molecule has 0 amide bonds. The van der Waals surface area contributed by atoms with E-state index in [1.807, 2.05) is 24.5 Å². The number of rotatable bonds is 5. The third-order valence-corrected chi connectivity index (χ3v) is 3.23. The lowest BCUT2D eigenvalue weighted by molar-refractivity contribution is 0.885. The summed E-state index contributed by atoms with van der Waals surface area (Å²) in [6, 6.07) is 6.12. The van der Waals surface area contributed by atoms with Crippen LogP contribution in [0.1, 0.15) is 42.8 Å². The summed E-state index contributed by atoms with van der Waals surface area (Å²) in [5.41, 5.74) is 2.32. The molecule has 0 bridgehead atoms. The van der Waals surface area contributed by atoms with E-state index >= 15 is 0 Å². The Hall–Kier alpha value is -1.97. The van der Waals surface area contributed by atoms with Crippen molar-refractivity contribution >= 4 is 5.82 Å². The van der Waals surface area contributed by atoms with Crippen LogP contribution in [0.25, 0.3) is 0 Å². The molecule has 2 heterocycles. The van der Waals surface area contributed by atoms with E-state index < -0.39 is 0 Å². The highest BCUT2D eigenvalue weighted by atomic mass is 15.0. The number of hydrogen-bond donors (Lipinski definition) is 1. The van der Waals surface area contributed by atoms with Crippen molar-refractivity contribution in [1.29, 1.82) is 0 Å². The van der Waals surface area contributed by atoms with Gasteiger partial charge in [-0.1, -0.05) is 0 Å². The summed E-state index contributed by atoms with van der Waals surface area (Å²) in [7, 11) is 0. The fraction of sp³-hybridized carbons (Fsp3) is 0.400. The molecule has 1 fully saturated rings. The summed E-state index contributed by atoms with van der Waals surface area (Å²) in [6.45, 7) is 2.97. The normalized spacial score (nSPS) is 14.4. The van der Waals surface area contributed by atoms with E-state index in [9.17, 15) is 0 Å². The molecule has 0 atom stereocenters. The number of aromatic nitrogens is 3. The van der Waals surface area contributed by atoms with Crippen molar-refractivity contribution in [2.24, 2.45) is 0 Å². The quantitative estimate of drug-likeness (QED) is 0.891. The van der Waals surface area contributed by atoms with Crippen LogP contribution in [-0.2, 0) is 6.42 Å². The number of pyridine rings is 1. The van der Waals surface area contributed by atoms with Crippen LogP contribution in [0.4, 0.5) is 5.82 Å². The third-order valence-electron chi connectivity index (χ3n) is 3.23. The minimum atomic E-state index is 0.579. The van der Waals surface area contributed by atoms with E-state index in [0.717, 1.165) is 30.3 Å². The zero-order valence-corrected chi connectivity index (χ0v) is 11.1. The van der Waals surface area contributed by atoms with Gasteiger partial charge in [-0.05, 0) is 37.5 Å². The van der Waals surface area contributed by atoms with Gasteiger partial charge in [-0.3, -0.25) is 4.98 Å². The van der Waals surface area contributed by atoms with Crippen LogP contribution in [0, 0.1) is 0 Å². The van der Waals surface area contributed by atoms with Crippen molar-refractivity contribution in [3.05, 3.63) is 47.7 Å². The first-order chi connectivity index (χ1) is 9.35. The van der Waals surface area contributed by atoms with Crippen molar-refractivity contribution in [2.75, 3.05) is 11.9 Å². The monoisotopic (exact) mass is 254 g/mol. The molecular formula is C15H18N4. The maximum atomic E-state index is 4.70. The minimum absolute atomic E-state index is 0.579. The van der Waals surface area contributed by atoms with Gasteiger partial charge in [-0.25, -0.2) is 9.97 Å². The van der Waals surface area contributed by atoms with E-state index in [1.165, 1.54) is 18.4 Å². The lowest BCUT2D eigenvalue weighted by Crippen LogP contribution is -2.06. The molecule has 1 aliphatic rings. The van der Waals surface area contributed by atoms with Gasteiger partial charge < -0.3 is 5.32 Å². The number of anilines is 1. The molecule has 2 aromatic heterocycles. The largest absolute Gasteiger partial charge is 0.370 e. The third kappa shape index (κ3) is 3.08. The highest BCUT2D eigenvalue weighted by Crippen LogP contribution is 2.38. The maximum Gasteiger partial charge on any atom is 0.134 e. The molecule has 2 aromatic rings. The van der Waals surface area contributed by atoms with E-state index in [-0.39, 0.29) is 0 Å². The van der Waals surface area contributed by atoms with Gasteiger partial charge in [0.2, 0.25) is 0 Å². The Balaban J connectivity index is 1.86. The second-order valence-electron chi connectivity index (χ2n) is 4.94. The highest BCUT2D eigenvalue weighted by Gasteiger charge is 2.27. The second-order valence-corrected chi connectivity index (χ2v) is 4.94. The van der Waals surface area contributed by atoms with Gasteiger partial charge in [-0.2, -0.15) is 0 Å². The first-order valence-corrected chi connectivity index (χ1v) is 6.86. The standard InChI is InChI=1S/C15H18N4/c1-2-17-14-10-13(9-11-5-7-16-8-6-11)18-15(19-14)12-3-4-12/h5-8,10,12H,2-4,9H2,1H3,(H,17,18,19). The molecule has 19 heavy (non-hydrogen) atoms. The average molecular weight is 254 g/mol. The summed E-state index contributed by atoms with van der Waals surface area (Å²) in [5, 5.41) is 3.29. The molecular weight excluding hydrogens is 236 g/mol. The molecule has 1 saturated carbocycles. The van der Waals surface area contributed by atoms with Crippen molar-refractivity contribution in [2.45, 2.75) is 32.1 Å². The van der Waals surface area contributed by atoms with Crippen molar-refractivity contribution in [3.8, 4) is 0 Å². The SMILES string of the molecule is CCNc1cc(Cc2ccncc2)nc(C2CC2)n1. The Labute approximate surface area is 113 Å². The zero-order valence-electron chi connectivity index (χ0n) is 11.1. The van der Waals surface area contributed by atoms with Gasteiger partial charge in [0.15, 0.2) is 0 Å². The van der Waals surface area contributed by atoms with Gasteiger partial charge in [0, 0.05) is 37.3 Å². The average Bonchev–Trinajstić information content (AvgIpc) is 3.24. The summed E-state index contributed by atoms with van der Waals surface area (Å²) < 4.78 is 0. The van der Waals surface area contributed by atoms with Crippen LogP contribution >= 0.6 is 0 Å². The van der Waals surface area contributed by atoms with Crippen LogP contribution in [0.15, 0.2) is 30.6 Å². The highest BCUT2D eigenvalue weighted by molar-refractivity contribution is 5.38. The molecule has 4 nitrogen and oxygen atoms in total. The smallest absolute Gasteiger partial charge is 0.134 e. The molecule has 0 unspecified atom stereocenters. The predicted octanol–water partition coefficient (Wildman–Crippen LogP) is 2.77. The zero-order chi connectivity index (χ0) is 13.1. The molecule has 0 aromatic carbocycles. The lowest BCUT2D eigenvalue weighted by atomic mass is 10.1. The number of nitrogens with zero attached hydrogens (tertiary/aromatic N) is 3. The lowest BCUT2D eigenvalue weighted by Gasteiger charge is -2.08. The van der Waals surface area contributed by atoms with Crippen LogP contribution in [-0.4, -0.2) is 21.5 Å². The molecule has 0 spiro atoms. The Kier molecular flexibility index (Phi) is 3.40. The van der Waals surface area contributed by atoms with Crippen molar-refractivity contribution < 1.29 is 0 Å². The summed E-state index contributed by atoms with van der Waals surface area (Å²) in [6.07, 6.45) is 6.94. The molecule has 0 saturated heterocycles. The fourth-order valence-electron chi connectivity index (χ4n) is 2.11. The summed E-state index contributed by atoms with van der Waals surface area (Å²) >= 11 is 0. The summed E-state index contributed by atoms with van der Waals surface area (Å²) in [5.74, 6) is 2.53. The predicted molar refractivity (Wildman–Crippen MR) is 75.2 cm³/mol. The Morgan fingerprint density at radius 3 is 2.68 bits per heavy atom. The van der Waals surface area contributed by atoms with Crippen molar-refractivity contribution in [3.63, 3.8) is 0 Å². The fourth-order valence-corrected chi connectivity index (χ4v) is 2.11.